The minimum absolute atomic E-state index is 0.138. The van der Waals surface area contributed by atoms with Crippen molar-refractivity contribution in [1.82, 2.24) is 14.7 Å². The summed E-state index contributed by atoms with van der Waals surface area (Å²) in [6.45, 7) is 0.982. The quantitative estimate of drug-likeness (QED) is 0.698. The Bertz CT molecular complexity index is 807. The molecule has 1 aromatic heterocycles. The summed E-state index contributed by atoms with van der Waals surface area (Å²) >= 11 is 6.20. The fraction of sp³-hybridized carbons (Fsp3) is 0.389. The first-order valence-electron chi connectivity index (χ1n) is 8.17. The second kappa shape index (κ2) is 9.35. The molecule has 1 aromatic carbocycles. The molecule has 0 N–H and O–H groups in total. The van der Waals surface area contributed by atoms with Gasteiger partial charge in [-0.15, -0.1) is 0 Å². The van der Waals surface area contributed by atoms with Crippen LogP contribution < -0.4 is 10.5 Å². The van der Waals surface area contributed by atoms with Gasteiger partial charge < -0.3 is 14.5 Å². The minimum Gasteiger partial charge on any atom is -0.383 e. The van der Waals surface area contributed by atoms with Gasteiger partial charge in [0.15, 0.2) is 0 Å². The van der Waals surface area contributed by atoms with Gasteiger partial charge in [0, 0.05) is 45.4 Å². The molecule has 0 saturated carbocycles. The molecule has 0 saturated heterocycles. The fourth-order valence-corrected chi connectivity index (χ4v) is 2.54. The van der Waals surface area contributed by atoms with Crippen molar-refractivity contribution in [1.29, 1.82) is 0 Å². The maximum absolute atomic E-state index is 12.7. The molecule has 0 aliphatic carbocycles. The van der Waals surface area contributed by atoms with E-state index < -0.39 is 0 Å². The van der Waals surface area contributed by atoms with E-state index in [0.717, 1.165) is 10.2 Å². The van der Waals surface area contributed by atoms with Gasteiger partial charge in [0.25, 0.3) is 5.56 Å². The van der Waals surface area contributed by atoms with Crippen molar-refractivity contribution < 1.29 is 9.53 Å². The van der Waals surface area contributed by atoms with Crippen molar-refractivity contribution in [3.63, 3.8) is 0 Å². The Morgan fingerprint density at radius 3 is 2.65 bits per heavy atom. The van der Waals surface area contributed by atoms with Crippen LogP contribution in [0, 0.1) is 0 Å². The van der Waals surface area contributed by atoms with E-state index in [9.17, 15) is 9.59 Å². The summed E-state index contributed by atoms with van der Waals surface area (Å²) in [5.74, 6) is -0.228. The fourth-order valence-electron chi connectivity index (χ4n) is 2.34. The Kier molecular flexibility index (Phi) is 7.17. The van der Waals surface area contributed by atoms with Gasteiger partial charge in [0.2, 0.25) is 5.91 Å². The highest BCUT2D eigenvalue weighted by Gasteiger charge is 2.17. The van der Waals surface area contributed by atoms with E-state index in [2.05, 4.69) is 5.10 Å². The van der Waals surface area contributed by atoms with E-state index in [1.165, 1.54) is 6.07 Å². The number of hydrogen-bond acceptors (Lipinski definition) is 5. The van der Waals surface area contributed by atoms with Crippen LogP contribution in [-0.2, 0) is 22.6 Å². The minimum atomic E-state index is -0.325. The number of nitrogens with zero attached hydrogens (tertiary/aromatic N) is 4. The second-order valence-electron chi connectivity index (χ2n) is 6.00. The largest absolute Gasteiger partial charge is 0.383 e. The summed E-state index contributed by atoms with van der Waals surface area (Å²) in [6, 6.07) is 8.80. The van der Waals surface area contributed by atoms with E-state index in [-0.39, 0.29) is 18.0 Å². The number of carbonyl (C=O) groups excluding carboxylic acids is 1. The van der Waals surface area contributed by atoms with Crippen molar-refractivity contribution in [2.24, 2.45) is 0 Å². The van der Waals surface area contributed by atoms with Gasteiger partial charge in [0.1, 0.15) is 6.54 Å². The second-order valence-corrected chi connectivity index (χ2v) is 6.41. The van der Waals surface area contributed by atoms with Crippen LogP contribution in [0.2, 0.25) is 5.02 Å². The lowest BCUT2D eigenvalue weighted by Gasteiger charge is -2.23. The highest BCUT2D eigenvalue weighted by molar-refractivity contribution is 6.31. The van der Waals surface area contributed by atoms with Crippen LogP contribution in [-0.4, -0.2) is 54.9 Å². The van der Waals surface area contributed by atoms with Crippen molar-refractivity contribution in [3.05, 3.63) is 57.5 Å². The predicted octanol–water partition coefficient (Wildman–Crippen LogP) is 1.64. The lowest BCUT2D eigenvalue weighted by Crippen LogP contribution is -2.38. The third kappa shape index (κ3) is 5.31. The van der Waals surface area contributed by atoms with E-state index in [1.54, 1.807) is 29.2 Å². The van der Waals surface area contributed by atoms with Gasteiger partial charge in [-0.1, -0.05) is 29.8 Å². The predicted molar refractivity (Wildman–Crippen MR) is 102 cm³/mol. The number of carbonyl (C=O) groups is 1. The van der Waals surface area contributed by atoms with Gasteiger partial charge in [-0.25, -0.2) is 4.68 Å². The molecule has 2 rings (SSSR count). The molecule has 0 spiro atoms. The average Bonchev–Trinajstić information content (AvgIpc) is 2.61. The topological polar surface area (TPSA) is 67.7 Å². The lowest BCUT2D eigenvalue weighted by atomic mass is 10.2. The number of aromatic nitrogens is 2. The normalized spacial score (nSPS) is 10.6. The number of methoxy groups -OCH3 is 1. The van der Waals surface area contributed by atoms with Crippen LogP contribution in [0.3, 0.4) is 0 Å². The molecule has 140 valence electrons. The van der Waals surface area contributed by atoms with Crippen molar-refractivity contribution in [2.75, 3.05) is 39.3 Å². The number of amides is 1. The smallest absolute Gasteiger partial charge is 0.269 e. The molecule has 0 radical (unpaired) electrons. The molecule has 0 bridgehead atoms. The van der Waals surface area contributed by atoms with Gasteiger partial charge in [-0.05, 0) is 11.6 Å². The Morgan fingerprint density at radius 2 is 2.04 bits per heavy atom. The first-order chi connectivity index (χ1) is 12.4. The molecule has 0 fully saturated rings. The van der Waals surface area contributed by atoms with E-state index >= 15 is 0 Å². The van der Waals surface area contributed by atoms with Gasteiger partial charge in [-0.2, -0.15) is 5.10 Å². The molecule has 1 amide bonds. The van der Waals surface area contributed by atoms with Crippen LogP contribution in [0.5, 0.6) is 0 Å². The summed E-state index contributed by atoms with van der Waals surface area (Å²) in [7, 11) is 5.22. The summed E-state index contributed by atoms with van der Waals surface area (Å²) in [6.07, 6.45) is 1.56. The SMILES string of the molecule is COCCN(Cc1ccccc1Cl)C(=O)Cn1ncc(N(C)C)cc1=O. The number of rotatable bonds is 8. The maximum Gasteiger partial charge on any atom is 0.269 e. The van der Waals surface area contributed by atoms with Crippen LogP contribution in [0.1, 0.15) is 5.56 Å². The van der Waals surface area contributed by atoms with E-state index in [4.69, 9.17) is 16.3 Å². The number of benzene rings is 1. The van der Waals surface area contributed by atoms with E-state index in [1.807, 2.05) is 32.3 Å². The van der Waals surface area contributed by atoms with Crippen molar-refractivity contribution in [3.8, 4) is 0 Å². The summed E-state index contributed by atoms with van der Waals surface area (Å²) in [5.41, 5.74) is 1.20. The van der Waals surface area contributed by atoms with Crippen LogP contribution in [0.4, 0.5) is 5.69 Å². The molecule has 1 heterocycles. The van der Waals surface area contributed by atoms with Crippen LogP contribution in [0.15, 0.2) is 41.3 Å². The standard InChI is InChI=1S/C18H23ClN4O3/c1-21(2)15-10-17(24)23(20-11-15)13-18(25)22(8-9-26-3)12-14-6-4-5-7-16(14)19/h4-7,10-11H,8-9,12-13H2,1-3H3. The van der Waals surface area contributed by atoms with Gasteiger partial charge in [0.05, 0.1) is 18.5 Å². The molecule has 7 nitrogen and oxygen atoms in total. The summed E-state index contributed by atoms with van der Waals surface area (Å²) in [4.78, 5) is 28.3. The third-order valence-corrected chi connectivity index (χ3v) is 4.26. The first kappa shape index (κ1) is 19.9. The average molecular weight is 379 g/mol. The number of ether oxygens (including phenoxy) is 1. The van der Waals surface area contributed by atoms with Gasteiger partial charge >= 0.3 is 0 Å². The van der Waals surface area contributed by atoms with Gasteiger partial charge in [-0.3, -0.25) is 9.59 Å². The summed E-state index contributed by atoms with van der Waals surface area (Å²) < 4.78 is 6.24. The number of hydrogen-bond donors (Lipinski definition) is 0. The molecule has 26 heavy (non-hydrogen) atoms. The van der Waals surface area contributed by atoms with Crippen LogP contribution in [0.25, 0.3) is 0 Å². The molecule has 0 aliphatic rings. The summed E-state index contributed by atoms with van der Waals surface area (Å²) in [5, 5.41) is 4.68. The van der Waals surface area contributed by atoms with Crippen LogP contribution >= 0.6 is 11.6 Å². The monoisotopic (exact) mass is 378 g/mol. The Hall–Kier alpha value is -2.38. The zero-order valence-corrected chi connectivity index (χ0v) is 15.9. The van der Waals surface area contributed by atoms with Crippen molar-refractivity contribution >= 4 is 23.2 Å². The van der Waals surface area contributed by atoms with Crippen molar-refractivity contribution in [2.45, 2.75) is 13.1 Å². The lowest BCUT2D eigenvalue weighted by molar-refractivity contribution is -0.133. The number of anilines is 1. The first-order valence-corrected chi connectivity index (χ1v) is 8.54. The number of halogens is 1. The zero-order valence-electron chi connectivity index (χ0n) is 15.2. The molecule has 0 atom stereocenters. The Labute approximate surface area is 157 Å². The molecule has 0 aliphatic heterocycles. The zero-order chi connectivity index (χ0) is 19.1. The molecule has 8 heteroatoms. The molecule has 0 unspecified atom stereocenters. The third-order valence-electron chi connectivity index (χ3n) is 3.89. The molecule has 2 aromatic rings. The van der Waals surface area contributed by atoms with E-state index in [0.29, 0.717) is 30.4 Å². The highest BCUT2D eigenvalue weighted by Crippen LogP contribution is 2.17. The molecular formula is C18H23ClN4O3. The Balaban J connectivity index is 2.16. The molecular weight excluding hydrogens is 356 g/mol. The maximum atomic E-state index is 12.7. The highest BCUT2D eigenvalue weighted by atomic mass is 35.5. The Morgan fingerprint density at radius 1 is 1.31 bits per heavy atom.